The minimum atomic E-state index is -0.903. The number of non-ortho nitro benzene ring substituents is 2. The van der Waals surface area contributed by atoms with Crippen LogP contribution < -0.4 is 0 Å². The first-order chi connectivity index (χ1) is 12.5. The molecule has 9 heteroatoms. The van der Waals surface area contributed by atoms with Crippen LogP contribution in [0.2, 0.25) is 0 Å². The van der Waals surface area contributed by atoms with E-state index in [1.807, 2.05) is 0 Å². The van der Waals surface area contributed by atoms with E-state index in [0.29, 0.717) is 18.3 Å². The Morgan fingerprint density at radius 2 is 1.63 bits per heavy atom. The van der Waals surface area contributed by atoms with Crippen molar-refractivity contribution in [2.45, 2.75) is 45.3 Å². The van der Waals surface area contributed by atoms with Crippen molar-refractivity contribution in [3.63, 3.8) is 0 Å². The fraction of sp³-hybridized carbons (Fsp3) is 0.611. The fourth-order valence-corrected chi connectivity index (χ4v) is 4.43. The average molecular weight is 378 g/mol. The number of esters is 1. The summed E-state index contributed by atoms with van der Waals surface area (Å²) >= 11 is 0. The van der Waals surface area contributed by atoms with Gasteiger partial charge in [0.15, 0.2) is 0 Å². The Hall–Kier alpha value is -2.55. The van der Waals surface area contributed by atoms with Crippen molar-refractivity contribution in [1.82, 2.24) is 0 Å². The van der Waals surface area contributed by atoms with Gasteiger partial charge in [0.1, 0.15) is 5.60 Å². The molecular formula is C18H22N2O7. The largest absolute Gasteiger partial charge is 0.453 e. The summed E-state index contributed by atoms with van der Waals surface area (Å²) in [5, 5.41) is 22.1. The van der Waals surface area contributed by atoms with Gasteiger partial charge in [0.25, 0.3) is 11.4 Å². The first-order valence-corrected chi connectivity index (χ1v) is 8.69. The highest BCUT2D eigenvalue weighted by atomic mass is 16.6. The summed E-state index contributed by atoms with van der Waals surface area (Å²) in [5.41, 5.74) is -2.02. The minimum Gasteiger partial charge on any atom is -0.453 e. The van der Waals surface area contributed by atoms with Crippen LogP contribution in [0.5, 0.6) is 0 Å². The molecule has 2 saturated carbocycles. The summed E-state index contributed by atoms with van der Waals surface area (Å²) < 4.78 is 11.3. The SMILES string of the molecule is CO[C@H]1C[C@H]2[C@@H](C[C@]1(C)OC(=O)c1cc([N+](=O)[O-])cc([N+](=O)[O-])c1)C2(C)C. The minimum absolute atomic E-state index is 0.158. The second-order valence-corrected chi connectivity index (χ2v) is 8.15. The summed E-state index contributed by atoms with van der Waals surface area (Å²) in [6.07, 6.45) is 1.07. The number of nitro groups is 2. The Balaban J connectivity index is 1.88. The van der Waals surface area contributed by atoms with Crippen molar-refractivity contribution >= 4 is 17.3 Å². The molecule has 2 aliphatic carbocycles. The monoisotopic (exact) mass is 378 g/mol. The number of rotatable bonds is 5. The number of benzene rings is 1. The second kappa shape index (κ2) is 6.26. The van der Waals surface area contributed by atoms with E-state index < -0.39 is 32.8 Å². The van der Waals surface area contributed by atoms with Gasteiger partial charge in [0, 0.05) is 19.2 Å². The third-order valence-corrected chi connectivity index (χ3v) is 6.23. The molecular weight excluding hydrogens is 356 g/mol. The normalized spacial score (nSPS) is 30.9. The maximum absolute atomic E-state index is 12.7. The standard InChI is InChI=1S/C18H22N2O7/c1-17(2)13-8-15(26-4)18(3,9-14(13)17)27-16(21)10-5-11(19(22)23)7-12(6-10)20(24)25/h5-7,13-15H,8-9H2,1-4H3/t13-,14+,15-,18-/m0/s1. The lowest BCUT2D eigenvalue weighted by Gasteiger charge is -2.39. The number of methoxy groups -OCH3 is 1. The molecule has 4 atom stereocenters. The molecule has 3 rings (SSSR count). The van der Waals surface area contributed by atoms with Crippen LogP contribution in [0.25, 0.3) is 0 Å². The quantitative estimate of drug-likeness (QED) is 0.436. The molecule has 2 aliphatic rings. The maximum atomic E-state index is 12.7. The number of nitro benzene ring substituents is 2. The van der Waals surface area contributed by atoms with E-state index in [9.17, 15) is 25.0 Å². The van der Waals surface area contributed by atoms with Crippen LogP contribution >= 0.6 is 0 Å². The molecule has 0 aliphatic heterocycles. The molecule has 0 saturated heterocycles. The van der Waals surface area contributed by atoms with Crippen molar-refractivity contribution < 1.29 is 24.1 Å². The third kappa shape index (κ3) is 3.27. The van der Waals surface area contributed by atoms with E-state index in [4.69, 9.17) is 9.47 Å². The fourth-order valence-electron chi connectivity index (χ4n) is 4.43. The van der Waals surface area contributed by atoms with Crippen molar-refractivity contribution in [2.75, 3.05) is 7.11 Å². The molecule has 0 amide bonds. The highest BCUT2D eigenvalue weighted by molar-refractivity contribution is 5.91. The molecule has 0 aromatic heterocycles. The van der Waals surface area contributed by atoms with Crippen LogP contribution in [-0.4, -0.2) is 34.6 Å². The van der Waals surface area contributed by atoms with Gasteiger partial charge < -0.3 is 9.47 Å². The molecule has 27 heavy (non-hydrogen) atoms. The van der Waals surface area contributed by atoms with Crippen LogP contribution in [0.3, 0.4) is 0 Å². The Kier molecular flexibility index (Phi) is 4.46. The van der Waals surface area contributed by atoms with Crippen LogP contribution in [0.4, 0.5) is 11.4 Å². The van der Waals surface area contributed by atoms with Crippen LogP contribution in [0, 0.1) is 37.5 Å². The van der Waals surface area contributed by atoms with Crippen LogP contribution in [-0.2, 0) is 9.47 Å². The van der Waals surface area contributed by atoms with Gasteiger partial charge in [-0.1, -0.05) is 13.8 Å². The van der Waals surface area contributed by atoms with E-state index in [0.717, 1.165) is 24.6 Å². The molecule has 9 nitrogen and oxygen atoms in total. The summed E-state index contributed by atoms with van der Waals surface area (Å²) in [7, 11) is 1.56. The van der Waals surface area contributed by atoms with Gasteiger partial charge in [-0.2, -0.15) is 0 Å². The lowest BCUT2D eigenvalue weighted by Crippen LogP contribution is -2.47. The number of hydrogen-bond donors (Lipinski definition) is 0. The van der Waals surface area contributed by atoms with Crippen molar-refractivity contribution in [2.24, 2.45) is 17.3 Å². The van der Waals surface area contributed by atoms with Crippen molar-refractivity contribution in [3.8, 4) is 0 Å². The van der Waals surface area contributed by atoms with Gasteiger partial charge in [-0.15, -0.1) is 0 Å². The third-order valence-electron chi connectivity index (χ3n) is 6.23. The predicted molar refractivity (Wildman–Crippen MR) is 94.4 cm³/mol. The Morgan fingerprint density at radius 3 is 2.11 bits per heavy atom. The number of carbonyl (C=O) groups excluding carboxylic acids is 1. The highest BCUT2D eigenvalue weighted by Crippen LogP contribution is 2.67. The lowest BCUT2D eigenvalue weighted by atomic mass is 9.83. The summed E-state index contributed by atoms with van der Waals surface area (Å²) in [6, 6.07) is 2.80. The number of ether oxygens (including phenoxy) is 2. The zero-order chi connectivity index (χ0) is 20.1. The number of fused-ring (bicyclic) bond motifs is 1. The summed E-state index contributed by atoms with van der Waals surface area (Å²) in [5.74, 6) is 0.0810. The topological polar surface area (TPSA) is 122 Å². The molecule has 1 aromatic carbocycles. The zero-order valence-corrected chi connectivity index (χ0v) is 15.6. The first kappa shape index (κ1) is 19.2. The van der Waals surface area contributed by atoms with Gasteiger partial charge in [0.05, 0.1) is 27.6 Å². The number of hydrogen-bond acceptors (Lipinski definition) is 7. The smallest absolute Gasteiger partial charge is 0.339 e. The Labute approximate surface area is 155 Å². The molecule has 2 fully saturated rings. The number of carbonyl (C=O) groups is 1. The van der Waals surface area contributed by atoms with Crippen LogP contribution in [0.1, 0.15) is 44.0 Å². The van der Waals surface area contributed by atoms with Gasteiger partial charge in [-0.05, 0) is 37.0 Å². The van der Waals surface area contributed by atoms with Crippen molar-refractivity contribution in [3.05, 3.63) is 44.0 Å². The maximum Gasteiger partial charge on any atom is 0.339 e. The highest BCUT2D eigenvalue weighted by Gasteiger charge is 2.65. The van der Waals surface area contributed by atoms with E-state index in [-0.39, 0.29) is 17.1 Å². The van der Waals surface area contributed by atoms with E-state index in [1.165, 1.54) is 0 Å². The number of nitrogens with zero attached hydrogens (tertiary/aromatic N) is 2. The second-order valence-electron chi connectivity index (χ2n) is 8.15. The van der Waals surface area contributed by atoms with Gasteiger partial charge in [-0.3, -0.25) is 20.2 Å². The summed E-state index contributed by atoms with van der Waals surface area (Å²) in [4.78, 5) is 33.2. The van der Waals surface area contributed by atoms with Crippen LogP contribution in [0.15, 0.2) is 18.2 Å². The van der Waals surface area contributed by atoms with Gasteiger partial charge in [0.2, 0.25) is 0 Å². The molecule has 1 aromatic rings. The average Bonchev–Trinajstić information content (AvgIpc) is 3.11. The van der Waals surface area contributed by atoms with Gasteiger partial charge >= 0.3 is 5.97 Å². The molecule has 0 bridgehead atoms. The summed E-state index contributed by atoms with van der Waals surface area (Å²) in [6.45, 7) is 6.13. The van der Waals surface area contributed by atoms with Gasteiger partial charge in [-0.25, -0.2) is 4.79 Å². The molecule has 146 valence electrons. The molecule has 0 N–H and O–H groups in total. The Bertz CT molecular complexity index is 790. The van der Waals surface area contributed by atoms with E-state index in [2.05, 4.69) is 13.8 Å². The molecule has 0 unspecified atom stereocenters. The van der Waals surface area contributed by atoms with E-state index >= 15 is 0 Å². The predicted octanol–water partition coefficient (Wildman–Crippen LogP) is 3.50. The Morgan fingerprint density at radius 1 is 1.07 bits per heavy atom. The molecule has 0 heterocycles. The first-order valence-electron chi connectivity index (χ1n) is 8.69. The molecule has 0 spiro atoms. The van der Waals surface area contributed by atoms with E-state index in [1.54, 1.807) is 14.0 Å². The molecule has 0 radical (unpaired) electrons. The lowest BCUT2D eigenvalue weighted by molar-refractivity contribution is -0.394. The zero-order valence-electron chi connectivity index (χ0n) is 15.6. The van der Waals surface area contributed by atoms with Crippen molar-refractivity contribution in [1.29, 1.82) is 0 Å².